The number of hydrogen-bond donors (Lipinski definition) is 1. The Morgan fingerprint density at radius 2 is 2.31 bits per heavy atom. The summed E-state index contributed by atoms with van der Waals surface area (Å²) in [5.41, 5.74) is 0. The first-order valence-electron chi connectivity index (χ1n) is 4.16. The van der Waals surface area contributed by atoms with E-state index in [4.69, 9.17) is 4.74 Å². The summed E-state index contributed by atoms with van der Waals surface area (Å²) >= 11 is 2.06. The summed E-state index contributed by atoms with van der Waals surface area (Å²) in [7, 11) is 0. The SMILES string of the molecule is C=CCNCCOC(=O)C(C)(C)I. The molecule has 0 aromatic rings. The van der Waals surface area contributed by atoms with Crippen LogP contribution in [0.1, 0.15) is 13.8 Å². The van der Waals surface area contributed by atoms with Gasteiger partial charge in [0, 0.05) is 13.1 Å². The molecule has 0 aliphatic carbocycles. The summed E-state index contributed by atoms with van der Waals surface area (Å²) in [6, 6.07) is 0. The molecule has 13 heavy (non-hydrogen) atoms. The van der Waals surface area contributed by atoms with Crippen molar-refractivity contribution in [2.45, 2.75) is 17.3 Å². The zero-order valence-corrected chi connectivity index (χ0v) is 10.3. The summed E-state index contributed by atoms with van der Waals surface area (Å²) in [6.07, 6.45) is 1.77. The van der Waals surface area contributed by atoms with Gasteiger partial charge in [-0.05, 0) is 13.8 Å². The van der Waals surface area contributed by atoms with Crippen molar-refractivity contribution in [1.82, 2.24) is 5.32 Å². The largest absolute Gasteiger partial charge is 0.463 e. The predicted molar refractivity (Wildman–Crippen MR) is 62.1 cm³/mol. The highest BCUT2D eigenvalue weighted by molar-refractivity contribution is 14.1. The lowest BCUT2D eigenvalue weighted by molar-refractivity contribution is -0.144. The molecule has 0 unspecified atom stereocenters. The molecule has 0 spiro atoms. The molecule has 0 atom stereocenters. The zero-order valence-electron chi connectivity index (χ0n) is 8.10. The van der Waals surface area contributed by atoms with Gasteiger partial charge in [0.05, 0.1) is 0 Å². The van der Waals surface area contributed by atoms with Crippen LogP contribution >= 0.6 is 22.6 Å². The molecule has 0 aromatic carbocycles. The van der Waals surface area contributed by atoms with Crippen LogP contribution in [0.25, 0.3) is 0 Å². The van der Waals surface area contributed by atoms with E-state index in [0.29, 0.717) is 13.2 Å². The van der Waals surface area contributed by atoms with Crippen molar-refractivity contribution in [1.29, 1.82) is 0 Å². The molecule has 0 amide bonds. The number of carbonyl (C=O) groups is 1. The highest BCUT2D eigenvalue weighted by Gasteiger charge is 2.24. The third-order valence-electron chi connectivity index (χ3n) is 1.29. The number of rotatable bonds is 6. The molecular weight excluding hydrogens is 281 g/mol. The van der Waals surface area contributed by atoms with Gasteiger partial charge in [-0.1, -0.05) is 28.7 Å². The molecule has 4 heteroatoms. The molecular formula is C9H16INO2. The number of hydrogen-bond acceptors (Lipinski definition) is 3. The van der Waals surface area contributed by atoms with Crippen molar-refractivity contribution < 1.29 is 9.53 Å². The van der Waals surface area contributed by atoms with Crippen molar-refractivity contribution in [2.24, 2.45) is 0 Å². The minimum atomic E-state index is -0.434. The number of esters is 1. The first-order valence-corrected chi connectivity index (χ1v) is 5.24. The fourth-order valence-corrected chi connectivity index (χ4v) is 0.747. The predicted octanol–water partition coefficient (Wildman–Crippen LogP) is 1.52. The molecule has 0 fully saturated rings. The van der Waals surface area contributed by atoms with Crippen LogP contribution in [-0.4, -0.2) is 29.1 Å². The van der Waals surface area contributed by atoms with Gasteiger partial charge in [0.15, 0.2) is 0 Å². The van der Waals surface area contributed by atoms with Crippen LogP contribution in [0.4, 0.5) is 0 Å². The lowest BCUT2D eigenvalue weighted by Gasteiger charge is -2.14. The smallest absolute Gasteiger partial charge is 0.321 e. The molecule has 3 nitrogen and oxygen atoms in total. The summed E-state index contributed by atoms with van der Waals surface area (Å²) < 4.78 is 4.58. The van der Waals surface area contributed by atoms with Crippen molar-refractivity contribution in [3.8, 4) is 0 Å². The van der Waals surface area contributed by atoms with Gasteiger partial charge in [-0.2, -0.15) is 0 Å². The van der Waals surface area contributed by atoms with Gasteiger partial charge in [-0.3, -0.25) is 4.79 Å². The molecule has 0 rings (SSSR count). The summed E-state index contributed by atoms with van der Waals surface area (Å²) in [6.45, 7) is 9.04. The van der Waals surface area contributed by atoms with Crippen LogP contribution in [0.3, 0.4) is 0 Å². The van der Waals surface area contributed by atoms with E-state index in [1.54, 1.807) is 6.08 Å². The maximum Gasteiger partial charge on any atom is 0.321 e. The minimum Gasteiger partial charge on any atom is -0.463 e. The second kappa shape index (κ2) is 6.37. The Bertz CT molecular complexity index is 175. The first-order chi connectivity index (χ1) is 5.98. The lowest BCUT2D eigenvalue weighted by Crippen LogP contribution is -2.29. The van der Waals surface area contributed by atoms with E-state index in [1.165, 1.54) is 0 Å². The number of carbonyl (C=O) groups excluding carboxylic acids is 1. The maximum atomic E-state index is 11.2. The quantitative estimate of drug-likeness (QED) is 0.266. The number of alkyl halides is 1. The Morgan fingerprint density at radius 1 is 1.69 bits per heavy atom. The van der Waals surface area contributed by atoms with E-state index in [0.717, 1.165) is 6.54 Å². The topological polar surface area (TPSA) is 38.3 Å². The van der Waals surface area contributed by atoms with Gasteiger partial charge in [0.2, 0.25) is 0 Å². The summed E-state index contributed by atoms with van der Waals surface area (Å²) in [4.78, 5) is 11.2. The van der Waals surface area contributed by atoms with E-state index in [9.17, 15) is 4.79 Å². The number of halogens is 1. The molecule has 0 saturated heterocycles. The molecule has 1 N–H and O–H groups in total. The van der Waals surface area contributed by atoms with Gasteiger partial charge in [-0.15, -0.1) is 6.58 Å². The Morgan fingerprint density at radius 3 is 2.77 bits per heavy atom. The molecule has 0 aliphatic rings. The van der Waals surface area contributed by atoms with Gasteiger partial charge in [-0.25, -0.2) is 0 Å². The normalized spacial score (nSPS) is 11.0. The molecule has 0 radical (unpaired) electrons. The van der Waals surface area contributed by atoms with E-state index in [2.05, 4.69) is 34.5 Å². The van der Waals surface area contributed by atoms with Crippen LogP contribution in [0, 0.1) is 0 Å². The number of ether oxygens (including phenoxy) is 1. The van der Waals surface area contributed by atoms with Crippen molar-refractivity contribution in [3.63, 3.8) is 0 Å². The second-order valence-electron chi connectivity index (χ2n) is 3.10. The Labute approximate surface area is 93.1 Å². The van der Waals surface area contributed by atoms with Gasteiger partial charge in [0.1, 0.15) is 10.0 Å². The monoisotopic (exact) mass is 297 g/mol. The van der Waals surface area contributed by atoms with Crippen LogP contribution in [0.2, 0.25) is 0 Å². The average molecular weight is 297 g/mol. The molecule has 0 bridgehead atoms. The molecule has 0 aromatic heterocycles. The third kappa shape index (κ3) is 7.01. The standard InChI is InChI=1S/C9H16INO2/c1-4-5-11-6-7-13-8(12)9(2,3)10/h4,11H,1,5-7H2,2-3H3. The van der Waals surface area contributed by atoms with Crippen LogP contribution in [-0.2, 0) is 9.53 Å². The fraction of sp³-hybridized carbons (Fsp3) is 0.667. The van der Waals surface area contributed by atoms with Gasteiger partial charge >= 0.3 is 5.97 Å². The first kappa shape index (κ1) is 12.9. The van der Waals surface area contributed by atoms with Gasteiger partial charge < -0.3 is 10.1 Å². The van der Waals surface area contributed by atoms with Crippen molar-refractivity contribution in [2.75, 3.05) is 19.7 Å². The Kier molecular flexibility index (Phi) is 6.32. The van der Waals surface area contributed by atoms with Crippen LogP contribution in [0.15, 0.2) is 12.7 Å². The van der Waals surface area contributed by atoms with Crippen molar-refractivity contribution >= 4 is 28.6 Å². The Hall–Kier alpha value is -0.100. The molecule has 0 aliphatic heterocycles. The Balaban J connectivity index is 3.43. The van der Waals surface area contributed by atoms with Crippen LogP contribution < -0.4 is 5.32 Å². The highest BCUT2D eigenvalue weighted by Crippen LogP contribution is 2.17. The maximum absolute atomic E-state index is 11.2. The van der Waals surface area contributed by atoms with Gasteiger partial charge in [0.25, 0.3) is 0 Å². The molecule has 0 heterocycles. The highest BCUT2D eigenvalue weighted by atomic mass is 127. The molecule has 76 valence electrons. The fourth-order valence-electron chi connectivity index (χ4n) is 0.592. The summed E-state index contributed by atoms with van der Waals surface area (Å²) in [5, 5.41) is 3.04. The van der Waals surface area contributed by atoms with Crippen molar-refractivity contribution in [3.05, 3.63) is 12.7 Å². The average Bonchev–Trinajstić information content (AvgIpc) is 2.02. The number of nitrogens with one attached hydrogen (secondary N) is 1. The van der Waals surface area contributed by atoms with Crippen LogP contribution in [0.5, 0.6) is 0 Å². The van der Waals surface area contributed by atoms with E-state index in [-0.39, 0.29) is 5.97 Å². The lowest BCUT2D eigenvalue weighted by atomic mass is 10.2. The third-order valence-corrected chi connectivity index (χ3v) is 1.73. The van der Waals surface area contributed by atoms with E-state index < -0.39 is 3.42 Å². The second-order valence-corrected chi connectivity index (χ2v) is 5.80. The van der Waals surface area contributed by atoms with E-state index >= 15 is 0 Å². The minimum absolute atomic E-state index is 0.173. The van der Waals surface area contributed by atoms with E-state index in [1.807, 2.05) is 13.8 Å². The summed E-state index contributed by atoms with van der Waals surface area (Å²) in [5.74, 6) is -0.173. The zero-order chi connectivity index (χ0) is 10.3. The molecule has 0 saturated carbocycles.